The first-order valence-electron chi connectivity index (χ1n) is 6.66. The van der Waals surface area contributed by atoms with E-state index in [2.05, 4.69) is 32.4 Å². The molecular formula is C12H18N6O. The summed E-state index contributed by atoms with van der Waals surface area (Å²) in [4.78, 5) is 13.9. The summed E-state index contributed by atoms with van der Waals surface area (Å²) in [6, 6.07) is 3.91. The van der Waals surface area contributed by atoms with Crippen LogP contribution in [0.5, 0.6) is 0 Å². The van der Waals surface area contributed by atoms with E-state index in [0.29, 0.717) is 17.5 Å². The lowest BCUT2D eigenvalue weighted by Gasteiger charge is -2.21. The van der Waals surface area contributed by atoms with E-state index in [1.54, 1.807) is 6.07 Å². The molecule has 3 rings (SSSR count). The predicted molar refractivity (Wildman–Crippen MR) is 72.4 cm³/mol. The number of hydrogen-bond acceptors (Lipinski definition) is 5. The highest BCUT2D eigenvalue weighted by Gasteiger charge is 2.15. The lowest BCUT2D eigenvalue weighted by molar-refractivity contribution is 0.327. The topological polar surface area (TPSA) is 78.3 Å². The first kappa shape index (κ1) is 12.2. The fourth-order valence-electron chi connectivity index (χ4n) is 2.53. The standard InChI is InChI=1S/C12H18N6O/c1-9(8-17-6-2-3-7-17)13-10-4-5-11-14-15-12(19)18(11)16-10/h4-5,9H,2-3,6-8H2,1H3,(H,13,16)(H,15,19). The van der Waals surface area contributed by atoms with Gasteiger partial charge in [0.1, 0.15) is 5.82 Å². The highest BCUT2D eigenvalue weighted by atomic mass is 16.2. The number of likely N-dealkylation sites (tertiary alicyclic amines) is 1. The molecule has 0 amide bonds. The molecule has 2 N–H and O–H groups in total. The van der Waals surface area contributed by atoms with Gasteiger partial charge in [0.25, 0.3) is 0 Å². The maximum atomic E-state index is 11.4. The lowest BCUT2D eigenvalue weighted by atomic mass is 10.3. The Hall–Kier alpha value is -1.89. The summed E-state index contributed by atoms with van der Waals surface area (Å²) in [5.74, 6) is 0.697. The fraction of sp³-hybridized carbons (Fsp3) is 0.583. The maximum Gasteiger partial charge on any atom is 0.364 e. The minimum atomic E-state index is -0.314. The van der Waals surface area contributed by atoms with Crippen LogP contribution in [-0.4, -0.2) is 50.4 Å². The number of nitrogens with zero attached hydrogens (tertiary/aromatic N) is 4. The predicted octanol–water partition coefficient (Wildman–Crippen LogP) is 0.314. The lowest BCUT2D eigenvalue weighted by Crippen LogP contribution is -2.33. The van der Waals surface area contributed by atoms with Crippen LogP contribution < -0.4 is 11.0 Å². The molecule has 0 radical (unpaired) electrons. The Morgan fingerprint density at radius 2 is 2.21 bits per heavy atom. The van der Waals surface area contributed by atoms with E-state index in [1.807, 2.05) is 6.07 Å². The van der Waals surface area contributed by atoms with Gasteiger partial charge in [0.05, 0.1) is 0 Å². The van der Waals surface area contributed by atoms with Crippen LogP contribution in [0.1, 0.15) is 19.8 Å². The molecule has 1 unspecified atom stereocenters. The molecule has 3 heterocycles. The molecule has 1 atom stereocenters. The first-order chi connectivity index (χ1) is 9.22. The van der Waals surface area contributed by atoms with Crippen LogP contribution in [0.15, 0.2) is 16.9 Å². The second-order valence-electron chi connectivity index (χ2n) is 5.07. The molecule has 7 nitrogen and oxygen atoms in total. The van der Waals surface area contributed by atoms with E-state index in [-0.39, 0.29) is 5.69 Å². The molecule has 19 heavy (non-hydrogen) atoms. The maximum absolute atomic E-state index is 11.4. The third-order valence-electron chi connectivity index (χ3n) is 3.40. The van der Waals surface area contributed by atoms with Crippen LogP contribution in [0, 0.1) is 0 Å². The first-order valence-corrected chi connectivity index (χ1v) is 6.66. The highest BCUT2D eigenvalue weighted by molar-refractivity contribution is 5.43. The van der Waals surface area contributed by atoms with Crippen LogP contribution in [0.2, 0.25) is 0 Å². The van der Waals surface area contributed by atoms with Gasteiger partial charge < -0.3 is 10.2 Å². The van der Waals surface area contributed by atoms with Crippen LogP contribution in [0.3, 0.4) is 0 Å². The van der Waals surface area contributed by atoms with Gasteiger partial charge >= 0.3 is 5.69 Å². The van der Waals surface area contributed by atoms with Crippen molar-refractivity contribution in [3.63, 3.8) is 0 Å². The third kappa shape index (κ3) is 2.60. The number of nitrogens with one attached hydrogen (secondary N) is 2. The quantitative estimate of drug-likeness (QED) is 0.829. The molecular weight excluding hydrogens is 244 g/mol. The molecule has 0 aromatic carbocycles. The van der Waals surface area contributed by atoms with Crippen molar-refractivity contribution in [1.29, 1.82) is 0 Å². The number of fused-ring (bicyclic) bond motifs is 1. The van der Waals surface area contributed by atoms with Gasteiger partial charge in [-0.05, 0) is 45.0 Å². The average Bonchev–Trinajstić information content (AvgIpc) is 3.00. The van der Waals surface area contributed by atoms with E-state index in [4.69, 9.17) is 0 Å². The van der Waals surface area contributed by atoms with Crippen LogP contribution in [0.4, 0.5) is 5.82 Å². The molecule has 1 saturated heterocycles. The minimum Gasteiger partial charge on any atom is -0.365 e. The van der Waals surface area contributed by atoms with Crippen molar-refractivity contribution in [3.8, 4) is 0 Å². The molecule has 2 aromatic heterocycles. The second kappa shape index (κ2) is 5.00. The molecule has 0 spiro atoms. The van der Waals surface area contributed by atoms with Crippen molar-refractivity contribution in [1.82, 2.24) is 24.7 Å². The SMILES string of the molecule is CC(CN1CCCC1)Nc1ccc2n[nH]c(=O)n2n1. The van der Waals surface area contributed by atoms with E-state index in [9.17, 15) is 4.79 Å². The summed E-state index contributed by atoms with van der Waals surface area (Å²) in [5, 5.41) is 13.8. The molecule has 1 aliphatic rings. The monoisotopic (exact) mass is 262 g/mol. The number of aromatic amines is 1. The zero-order valence-electron chi connectivity index (χ0n) is 11.0. The van der Waals surface area contributed by atoms with E-state index >= 15 is 0 Å². The van der Waals surface area contributed by atoms with Crippen molar-refractivity contribution in [2.75, 3.05) is 25.0 Å². The smallest absolute Gasteiger partial charge is 0.364 e. The Morgan fingerprint density at radius 1 is 1.42 bits per heavy atom. The van der Waals surface area contributed by atoms with E-state index in [0.717, 1.165) is 6.54 Å². The van der Waals surface area contributed by atoms with Crippen LogP contribution >= 0.6 is 0 Å². The van der Waals surface area contributed by atoms with E-state index in [1.165, 1.54) is 30.4 Å². The molecule has 0 bridgehead atoms. The Kier molecular flexibility index (Phi) is 3.20. The van der Waals surface area contributed by atoms with Gasteiger partial charge in [0.2, 0.25) is 0 Å². The number of rotatable bonds is 4. The van der Waals surface area contributed by atoms with Gasteiger partial charge in [-0.25, -0.2) is 9.89 Å². The number of anilines is 1. The largest absolute Gasteiger partial charge is 0.365 e. The highest BCUT2D eigenvalue weighted by Crippen LogP contribution is 2.10. The van der Waals surface area contributed by atoms with Crippen molar-refractivity contribution in [2.45, 2.75) is 25.8 Å². The van der Waals surface area contributed by atoms with Gasteiger partial charge in [-0.1, -0.05) is 0 Å². The fourth-order valence-corrected chi connectivity index (χ4v) is 2.53. The minimum absolute atomic E-state index is 0.297. The van der Waals surface area contributed by atoms with Crippen molar-refractivity contribution >= 4 is 11.5 Å². The Balaban J connectivity index is 1.69. The molecule has 0 saturated carbocycles. The van der Waals surface area contributed by atoms with Gasteiger partial charge in [0, 0.05) is 12.6 Å². The Morgan fingerprint density at radius 3 is 3.00 bits per heavy atom. The van der Waals surface area contributed by atoms with Crippen LogP contribution in [-0.2, 0) is 0 Å². The summed E-state index contributed by atoms with van der Waals surface area (Å²) in [6.45, 7) is 5.49. The average molecular weight is 262 g/mol. The van der Waals surface area contributed by atoms with Crippen molar-refractivity contribution < 1.29 is 0 Å². The van der Waals surface area contributed by atoms with Gasteiger partial charge in [-0.15, -0.1) is 5.10 Å². The zero-order valence-corrected chi connectivity index (χ0v) is 11.0. The second-order valence-corrected chi connectivity index (χ2v) is 5.07. The number of aromatic nitrogens is 4. The number of hydrogen-bond donors (Lipinski definition) is 2. The molecule has 2 aromatic rings. The summed E-state index contributed by atoms with van der Waals surface area (Å²) in [5.41, 5.74) is 0.216. The Labute approximate surface area is 110 Å². The molecule has 1 fully saturated rings. The summed E-state index contributed by atoms with van der Waals surface area (Å²) >= 11 is 0. The number of H-pyrrole nitrogens is 1. The van der Waals surface area contributed by atoms with Gasteiger partial charge in [0.15, 0.2) is 5.65 Å². The zero-order chi connectivity index (χ0) is 13.2. The van der Waals surface area contributed by atoms with Crippen molar-refractivity contribution in [3.05, 3.63) is 22.6 Å². The molecule has 0 aliphatic carbocycles. The van der Waals surface area contributed by atoms with E-state index < -0.39 is 0 Å². The summed E-state index contributed by atoms with van der Waals surface area (Å²) in [6.07, 6.45) is 2.59. The Bertz CT molecular complexity index is 612. The van der Waals surface area contributed by atoms with Gasteiger partial charge in [-0.2, -0.15) is 9.61 Å². The molecule has 102 valence electrons. The van der Waals surface area contributed by atoms with Gasteiger partial charge in [-0.3, -0.25) is 0 Å². The molecule has 1 aliphatic heterocycles. The normalized spacial score (nSPS) is 17.9. The van der Waals surface area contributed by atoms with Crippen LogP contribution in [0.25, 0.3) is 5.65 Å². The summed E-state index contributed by atoms with van der Waals surface area (Å²) in [7, 11) is 0. The molecule has 7 heteroatoms. The van der Waals surface area contributed by atoms with Crippen molar-refractivity contribution in [2.24, 2.45) is 0 Å². The summed E-state index contributed by atoms with van der Waals surface area (Å²) < 4.78 is 1.27. The third-order valence-corrected chi connectivity index (χ3v) is 3.40.